The van der Waals surface area contributed by atoms with Gasteiger partial charge in [-0.3, -0.25) is 9.59 Å². The van der Waals surface area contributed by atoms with Crippen molar-refractivity contribution in [3.8, 4) is 0 Å². The molecule has 7 heteroatoms. The number of halogens is 3. The highest BCUT2D eigenvalue weighted by molar-refractivity contribution is 5.83. The van der Waals surface area contributed by atoms with E-state index >= 15 is 0 Å². The molecule has 0 aliphatic heterocycles. The van der Waals surface area contributed by atoms with Gasteiger partial charge in [0.1, 0.15) is 0 Å². The van der Waals surface area contributed by atoms with E-state index in [0.29, 0.717) is 12.5 Å². The number of rotatable bonds is 8. The maximum Gasteiger partial charge on any atom is 0.390 e. The first kappa shape index (κ1) is 17.7. The Hall–Kier alpha value is -1.27. The topological polar surface area (TPSA) is 58.2 Å². The average molecular weight is 282 g/mol. The molecule has 0 aromatic carbocycles. The molecule has 112 valence electrons. The van der Waals surface area contributed by atoms with Crippen molar-refractivity contribution in [2.45, 2.75) is 45.7 Å². The standard InChI is InChI=1S/C12H21F3N2O2/c1-9(2)5-7-16-10(18)3-4-11(19)17-8-6-12(13,14)15/h9H,3-8H2,1-2H3,(H,16,18)(H,17,19). The van der Waals surface area contributed by atoms with Crippen LogP contribution in [0.3, 0.4) is 0 Å². The summed E-state index contributed by atoms with van der Waals surface area (Å²) in [5.74, 6) is -0.319. The van der Waals surface area contributed by atoms with Crippen LogP contribution in [0, 0.1) is 5.92 Å². The maximum absolute atomic E-state index is 11.8. The first-order chi connectivity index (χ1) is 8.70. The van der Waals surface area contributed by atoms with Crippen molar-refractivity contribution in [2.24, 2.45) is 5.92 Å². The highest BCUT2D eigenvalue weighted by Crippen LogP contribution is 2.18. The van der Waals surface area contributed by atoms with Gasteiger partial charge in [0.25, 0.3) is 0 Å². The molecule has 0 atom stereocenters. The molecule has 2 N–H and O–H groups in total. The Morgan fingerprint density at radius 1 is 1.00 bits per heavy atom. The van der Waals surface area contributed by atoms with Crippen LogP contribution in [-0.4, -0.2) is 31.1 Å². The first-order valence-corrected chi connectivity index (χ1v) is 6.31. The molecular weight excluding hydrogens is 261 g/mol. The summed E-state index contributed by atoms with van der Waals surface area (Å²) >= 11 is 0. The second kappa shape index (κ2) is 8.77. The number of nitrogens with one attached hydrogen (secondary N) is 2. The van der Waals surface area contributed by atoms with Gasteiger partial charge in [0.05, 0.1) is 6.42 Å². The van der Waals surface area contributed by atoms with E-state index in [2.05, 4.69) is 10.6 Å². The van der Waals surface area contributed by atoms with Crippen LogP contribution in [0.2, 0.25) is 0 Å². The Balaban J connectivity index is 3.59. The fourth-order valence-electron chi connectivity index (χ4n) is 1.25. The molecule has 0 radical (unpaired) electrons. The van der Waals surface area contributed by atoms with E-state index in [1.54, 1.807) is 0 Å². The summed E-state index contributed by atoms with van der Waals surface area (Å²) in [6, 6.07) is 0. The second-order valence-electron chi connectivity index (χ2n) is 4.75. The van der Waals surface area contributed by atoms with Crippen molar-refractivity contribution in [2.75, 3.05) is 13.1 Å². The van der Waals surface area contributed by atoms with Gasteiger partial charge in [-0.2, -0.15) is 13.2 Å². The van der Waals surface area contributed by atoms with E-state index in [9.17, 15) is 22.8 Å². The minimum atomic E-state index is -4.28. The van der Waals surface area contributed by atoms with Crippen LogP contribution in [-0.2, 0) is 9.59 Å². The summed E-state index contributed by atoms with van der Waals surface area (Å²) in [6.45, 7) is 4.16. The molecule has 19 heavy (non-hydrogen) atoms. The van der Waals surface area contributed by atoms with Crippen LogP contribution in [0.1, 0.15) is 39.5 Å². The van der Waals surface area contributed by atoms with E-state index in [-0.39, 0.29) is 18.7 Å². The van der Waals surface area contributed by atoms with Crippen LogP contribution in [0.4, 0.5) is 13.2 Å². The van der Waals surface area contributed by atoms with Gasteiger partial charge < -0.3 is 10.6 Å². The molecule has 0 rings (SSSR count). The highest BCUT2D eigenvalue weighted by Gasteiger charge is 2.26. The van der Waals surface area contributed by atoms with Crippen molar-refractivity contribution in [3.05, 3.63) is 0 Å². The summed E-state index contributed by atoms with van der Waals surface area (Å²) in [6.07, 6.45) is -4.58. The molecule has 0 aliphatic carbocycles. The lowest BCUT2D eigenvalue weighted by Gasteiger charge is -2.08. The van der Waals surface area contributed by atoms with Gasteiger partial charge in [-0.15, -0.1) is 0 Å². The van der Waals surface area contributed by atoms with Crippen LogP contribution >= 0.6 is 0 Å². The summed E-state index contributed by atoms with van der Waals surface area (Å²) in [5, 5.41) is 4.78. The number of hydrogen-bond acceptors (Lipinski definition) is 2. The Kier molecular flexibility index (Phi) is 8.18. The number of amides is 2. The minimum absolute atomic E-state index is 0.00402. The second-order valence-corrected chi connectivity index (χ2v) is 4.75. The third kappa shape index (κ3) is 13.0. The van der Waals surface area contributed by atoms with E-state index in [1.165, 1.54) is 0 Å². The van der Waals surface area contributed by atoms with E-state index in [4.69, 9.17) is 0 Å². The van der Waals surface area contributed by atoms with Gasteiger partial charge in [0.2, 0.25) is 11.8 Å². The predicted molar refractivity (Wildman–Crippen MR) is 65.4 cm³/mol. The number of carbonyl (C=O) groups excluding carboxylic acids is 2. The Bertz CT molecular complexity index is 291. The van der Waals surface area contributed by atoms with Gasteiger partial charge in [-0.25, -0.2) is 0 Å². The third-order valence-corrected chi connectivity index (χ3v) is 2.35. The fraction of sp³-hybridized carbons (Fsp3) is 0.833. The van der Waals surface area contributed by atoms with Gasteiger partial charge in [-0.1, -0.05) is 13.8 Å². The summed E-state index contributed by atoms with van der Waals surface area (Å²) in [4.78, 5) is 22.4. The molecule has 0 heterocycles. The molecule has 2 amide bonds. The first-order valence-electron chi connectivity index (χ1n) is 6.31. The molecule has 0 aliphatic rings. The van der Waals surface area contributed by atoms with E-state index in [1.807, 2.05) is 13.8 Å². The molecule has 0 unspecified atom stereocenters. The van der Waals surface area contributed by atoms with Crippen LogP contribution < -0.4 is 10.6 Å². The van der Waals surface area contributed by atoms with Crippen LogP contribution in [0.5, 0.6) is 0 Å². The smallest absolute Gasteiger partial charge is 0.356 e. The van der Waals surface area contributed by atoms with Gasteiger partial charge >= 0.3 is 6.18 Å². The summed E-state index contributed by atoms with van der Waals surface area (Å²) in [5.41, 5.74) is 0. The molecule has 0 spiro atoms. The lowest BCUT2D eigenvalue weighted by Crippen LogP contribution is -2.30. The van der Waals surface area contributed by atoms with Crippen molar-refractivity contribution in [1.82, 2.24) is 10.6 Å². The predicted octanol–water partition coefficient (Wildman–Crippen LogP) is 2.00. The number of carbonyl (C=O) groups is 2. The Morgan fingerprint density at radius 3 is 1.89 bits per heavy atom. The summed E-state index contributed by atoms with van der Waals surface area (Å²) < 4.78 is 35.4. The molecule has 0 aromatic rings. The SMILES string of the molecule is CC(C)CCNC(=O)CCC(=O)NCCC(F)(F)F. The monoisotopic (exact) mass is 282 g/mol. The zero-order valence-electron chi connectivity index (χ0n) is 11.3. The number of hydrogen-bond donors (Lipinski definition) is 2. The zero-order valence-corrected chi connectivity index (χ0v) is 11.3. The average Bonchev–Trinajstić information content (AvgIpc) is 2.24. The lowest BCUT2D eigenvalue weighted by molar-refractivity contribution is -0.136. The molecule has 0 fully saturated rings. The third-order valence-electron chi connectivity index (χ3n) is 2.35. The van der Waals surface area contributed by atoms with E-state index in [0.717, 1.165) is 6.42 Å². The van der Waals surface area contributed by atoms with Gasteiger partial charge in [0, 0.05) is 25.9 Å². The number of alkyl halides is 3. The quantitative estimate of drug-likeness (QED) is 0.715. The molecule has 0 saturated carbocycles. The Morgan fingerprint density at radius 2 is 1.47 bits per heavy atom. The largest absolute Gasteiger partial charge is 0.390 e. The van der Waals surface area contributed by atoms with E-state index < -0.39 is 25.0 Å². The maximum atomic E-state index is 11.8. The summed E-state index contributed by atoms with van der Waals surface area (Å²) in [7, 11) is 0. The van der Waals surface area contributed by atoms with Crippen LogP contribution in [0.25, 0.3) is 0 Å². The highest BCUT2D eigenvalue weighted by atomic mass is 19.4. The van der Waals surface area contributed by atoms with Crippen molar-refractivity contribution in [3.63, 3.8) is 0 Å². The minimum Gasteiger partial charge on any atom is -0.356 e. The Labute approximate surface area is 111 Å². The van der Waals surface area contributed by atoms with Gasteiger partial charge in [0.15, 0.2) is 0 Å². The molecule has 0 aromatic heterocycles. The molecular formula is C12H21F3N2O2. The van der Waals surface area contributed by atoms with Crippen molar-refractivity contribution < 1.29 is 22.8 Å². The van der Waals surface area contributed by atoms with Crippen molar-refractivity contribution >= 4 is 11.8 Å². The van der Waals surface area contributed by atoms with Crippen LogP contribution in [0.15, 0.2) is 0 Å². The normalized spacial score (nSPS) is 11.5. The zero-order chi connectivity index (χ0) is 14.9. The molecule has 0 saturated heterocycles. The molecule has 0 bridgehead atoms. The lowest BCUT2D eigenvalue weighted by atomic mass is 10.1. The fourth-order valence-corrected chi connectivity index (χ4v) is 1.25. The molecule has 4 nitrogen and oxygen atoms in total. The van der Waals surface area contributed by atoms with Crippen molar-refractivity contribution in [1.29, 1.82) is 0 Å². The van der Waals surface area contributed by atoms with Gasteiger partial charge in [-0.05, 0) is 12.3 Å².